The van der Waals surface area contributed by atoms with E-state index in [-0.39, 0.29) is 12.7 Å². The van der Waals surface area contributed by atoms with E-state index < -0.39 is 0 Å². The van der Waals surface area contributed by atoms with Gasteiger partial charge in [-0.3, -0.25) is 4.99 Å². The molecule has 0 aliphatic rings. The fourth-order valence-electron chi connectivity index (χ4n) is 1.21. The Balaban J connectivity index is 4.50. The summed E-state index contributed by atoms with van der Waals surface area (Å²) in [7, 11) is 0. The van der Waals surface area contributed by atoms with Crippen LogP contribution in [0.3, 0.4) is 0 Å². The highest BCUT2D eigenvalue weighted by Gasteiger charge is 2.12. The number of hydrogen-bond acceptors (Lipinski definition) is 3. The lowest BCUT2D eigenvalue weighted by Gasteiger charge is -2.27. The van der Waals surface area contributed by atoms with Gasteiger partial charge in [0, 0.05) is 6.04 Å². The van der Waals surface area contributed by atoms with Crippen LogP contribution in [0, 0.1) is 0 Å². The molecule has 80 valence electrons. The Labute approximate surface area is 86.0 Å². The molecule has 14 heavy (non-hydrogen) atoms. The van der Waals surface area contributed by atoms with Gasteiger partial charge in [0.1, 0.15) is 0 Å². The molecule has 0 heterocycles. The Morgan fingerprint density at radius 3 is 2.64 bits per heavy atom. The van der Waals surface area contributed by atoms with Crippen LogP contribution in [0.4, 0.5) is 0 Å². The molecule has 0 bridgehead atoms. The number of rotatable bonds is 7. The van der Waals surface area contributed by atoms with Crippen molar-refractivity contribution in [3.05, 3.63) is 25.1 Å². The molecule has 0 aromatic carbocycles. The van der Waals surface area contributed by atoms with Crippen molar-refractivity contribution in [2.24, 2.45) is 16.5 Å². The van der Waals surface area contributed by atoms with Gasteiger partial charge in [-0.2, -0.15) is 0 Å². The van der Waals surface area contributed by atoms with Crippen molar-refractivity contribution >= 4 is 6.34 Å². The predicted octanol–water partition coefficient (Wildman–Crippen LogP) is 1.02. The first kappa shape index (κ1) is 12.7. The van der Waals surface area contributed by atoms with E-state index >= 15 is 0 Å². The fourth-order valence-corrected chi connectivity index (χ4v) is 1.21. The third kappa shape index (κ3) is 4.09. The van der Waals surface area contributed by atoms with Crippen LogP contribution in [0.2, 0.25) is 0 Å². The first-order valence-corrected chi connectivity index (χ1v) is 4.71. The molecule has 0 amide bonds. The fraction of sp³-hybridized carbons (Fsp3) is 0.500. The van der Waals surface area contributed by atoms with Gasteiger partial charge in [0.2, 0.25) is 0 Å². The van der Waals surface area contributed by atoms with Crippen LogP contribution in [0.5, 0.6) is 0 Å². The summed E-state index contributed by atoms with van der Waals surface area (Å²) in [6, 6.07) is 0.264. The first-order chi connectivity index (χ1) is 6.67. The van der Waals surface area contributed by atoms with Gasteiger partial charge >= 0.3 is 0 Å². The van der Waals surface area contributed by atoms with Crippen molar-refractivity contribution in [3.63, 3.8) is 0 Å². The zero-order valence-electron chi connectivity index (χ0n) is 8.82. The average Bonchev–Trinajstić information content (AvgIpc) is 2.16. The number of nitrogens with zero attached hydrogens (tertiary/aromatic N) is 2. The van der Waals surface area contributed by atoms with Crippen molar-refractivity contribution in [1.82, 2.24) is 4.90 Å². The molecule has 0 aliphatic carbocycles. The molecule has 0 saturated carbocycles. The second-order valence-electron chi connectivity index (χ2n) is 2.97. The second-order valence-corrected chi connectivity index (χ2v) is 2.97. The molecule has 0 aromatic rings. The number of nitrogens with two attached hydrogens (primary N) is 2. The molecule has 0 saturated heterocycles. The second kappa shape index (κ2) is 7.15. The Hall–Kier alpha value is -1.29. The Morgan fingerprint density at radius 1 is 1.64 bits per heavy atom. The Bertz CT molecular complexity index is 210. The third-order valence-electron chi connectivity index (χ3n) is 1.95. The van der Waals surface area contributed by atoms with E-state index in [0.717, 1.165) is 12.8 Å². The molecular formula is C10H20N4. The monoisotopic (exact) mass is 196 g/mol. The van der Waals surface area contributed by atoms with Crippen molar-refractivity contribution < 1.29 is 0 Å². The van der Waals surface area contributed by atoms with Crippen LogP contribution in [0.1, 0.15) is 19.8 Å². The van der Waals surface area contributed by atoms with Gasteiger partial charge in [0.25, 0.3) is 0 Å². The lowest BCUT2D eigenvalue weighted by molar-refractivity contribution is 0.371. The SMILES string of the molecule is C=CC[C@@H](CC)N(/C=N\CN)C(=C)N. The largest absolute Gasteiger partial charge is 0.386 e. The quantitative estimate of drug-likeness (QED) is 0.363. The van der Waals surface area contributed by atoms with E-state index in [9.17, 15) is 0 Å². The third-order valence-corrected chi connectivity index (χ3v) is 1.95. The molecule has 0 fully saturated rings. The average molecular weight is 196 g/mol. The minimum atomic E-state index is 0.258. The predicted molar refractivity (Wildman–Crippen MR) is 61.6 cm³/mol. The standard InChI is InChI=1S/C10H20N4/c1-4-6-10(5-2)14(9(3)12)8-13-7-11/h4,8,10H,1,3,5-7,11-12H2,2H3/b13-8-/t10-/m1/s1. The topological polar surface area (TPSA) is 67.6 Å². The van der Waals surface area contributed by atoms with Crippen molar-refractivity contribution in [2.45, 2.75) is 25.8 Å². The smallest absolute Gasteiger partial charge is 0.0967 e. The van der Waals surface area contributed by atoms with E-state index in [1.54, 1.807) is 6.34 Å². The molecular weight excluding hydrogens is 176 g/mol. The molecule has 1 atom stereocenters. The Kier molecular flexibility index (Phi) is 6.49. The van der Waals surface area contributed by atoms with Gasteiger partial charge in [0.05, 0.1) is 18.8 Å². The lowest BCUT2D eigenvalue weighted by Crippen LogP contribution is -2.35. The molecule has 0 radical (unpaired) electrons. The highest BCUT2D eigenvalue weighted by Crippen LogP contribution is 2.10. The number of hydrogen-bond donors (Lipinski definition) is 2. The van der Waals surface area contributed by atoms with E-state index in [1.165, 1.54) is 0 Å². The van der Waals surface area contributed by atoms with Crippen LogP contribution >= 0.6 is 0 Å². The summed E-state index contributed by atoms with van der Waals surface area (Å²) in [5.41, 5.74) is 10.9. The molecule has 0 aliphatic heterocycles. The van der Waals surface area contributed by atoms with Crippen LogP contribution in [-0.2, 0) is 0 Å². The van der Waals surface area contributed by atoms with Crippen molar-refractivity contribution in [1.29, 1.82) is 0 Å². The molecule has 0 rings (SSSR count). The van der Waals surface area contributed by atoms with Crippen LogP contribution in [-0.4, -0.2) is 23.9 Å². The lowest BCUT2D eigenvalue weighted by atomic mass is 10.1. The van der Waals surface area contributed by atoms with E-state index in [1.807, 2.05) is 11.0 Å². The summed E-state index contributed by atoms with van der Waals surface area (Å²) in [5.74, 6) is 0.482. The molecule has 4 N–H and O–H groups in total. The normalized spacial score (nSPS) is 12.7. The summed E-state index contributed by atoms with van der Waals surface area (Å²) in [6.45, 7) is 9.74. The van der Waals surface area contributed by atoms with E-state index in [0.29, 0.717) is 5.82 Å². The zero-order valence-corrected chi connectivity index (χ0v) is 8.82. The van der Waals surface area contributed by atoms with Crippen LogP contribution in [0.25, 0.3) is 0 Å². The van der Waals surface area contributed by atoms with Gasteiger partial charge < -0.3 is 16.4 Å². The van der Waals surface area contributed by atoms with Crippen LogP contribution in [0.15, 0.2) is 30.0 Å². The van der Waals surface area contributed by atoms with Gasteiger partial charge in [-0.15, -0.1) is 6.58 Å². The summed E-state index contributed by atoms with van der Waals surface area (Å²) < 4.78 is 0. The summed E-state index contributed by atoms with van der Waals surface area (Å²) >= 11 is 0. The highest BCUT2D eigenvalue weighted by atomic mass is 15.2. The van der Waals surface area contributed by atoms with Gasteiger partial charge in [-0.25, -0.2) is 0 Å². The maximum absolute atomic E-state index is 5.65. The minimum Gasteiger partial charge on any atom is -0.386 e. The summed E-state index contributed by atoms with van der Waals surface area (Å²) in [5, 5.41) is 0. The molecule has 0 aromatic heterocycles. The summed E-state index contributed by atoms with van der Waals surface area (Å²) in [6.07, 6.45) is 5.31. The maximum Gasteiger partial charge on any atom is 0.0967 e. The van der Waals surface area contributed by atoms with Crippen molar-refractivity contribution in [2.75, 3.05) is 6.67 Å². The molecule has 4 nitrogen and oxygen atoms in total. The Morgan fingerprint density at radius 2 is 2.29 bits per heavy atom. The number of aliphatic imine (C=N–C) groups is 1. The molecule has 0 spiro atoms. The van der Waals surface area contributed by atoms with E-state index in [4.69, 9.17) is 11.5 Å². The van der Waals surface area contributed by atoms with Gasteiger partial charge in [0.15, 0.2) is 0 Å². The minimum absolute atomic E-state index is 0.258. The molecule has 4 heteroatoms. The maximum atomic E-state index is 5.65. The van der Waals surface area contributed by atoms with Crippen molar-refractivity contribution in [3.8, 4) is 0 Å². The van der Waals surface area contributed by atoms with Gasteiger partial charge in [-0.05, 0) is 12.8 Å². The zero-order chi connectivity index (χ0) is 11.0. The highest BCUT2D eigenvalue weighted by molar-refractivity contribution is 5.58. The summed E-state index contributed by atoms with van der Waals surface area (Å²) in [4.78, 5) is 5.78. The van der Waals surface area contributed by atoms with E-state index in [2.05, 4.69) is 25.1 Å². The van der Waals surface area contributed by atoms with Crippen LogP contribution < -0.4 is 11.5 Å². The molecule has 0 unspecified atom stereocenters. The van der Waals surface area contributed by atoms with Gasteiger partial charge in [-0.1, -0.05) is 19.6 Å². The first-order valence-electron chi connectivity index (χ1n) is 4.71.